The summed E-state index contributed by atoms with van der Waals surface area (Å²) in [5.74, 6) is 1.68. The zero-order chi connectivity index (χ0) is 20.0. The van der Waals surface area contributed by atoms with E-state index in [9.17, 15) is 0 Å². The molecule has 4 rings (SSSR count). The van der Waals surface area contributed by atoms with Crippen molar-refractivity contribution in [2.24, 2.45) is 0 Å². The second-order valence-electron chi connectivity index (χ2n) is 9.93. The molecule has 2 saturated carbocycles. The minimum absolute atomic E-state index is 0.0206. The molecular weight excluding hydrogens is 355 g/mol. The number of benzene rings is 2. The number of rotatable bonds is 7. The second-order valence-corrected chi connectivity index (χ2v) is 12.7. The minimum Gasteiger partial charge on any atom is -0.0683 e. The van der Waals surface area contributed by atoms with E-state index in [0.717, 1.165) is 11.3 Å². The van der Waals surface area contributed by atoms with Crippen LogP contribution in [0.2, 0.25) is 0 Å². The van der Waals surface area contributed by atoms with Gasteiger partial charge in [-0.1, -0.05) is 85.9 Å². The molecule has 0 unspecified atom stereocenters. The standard InChI is InChI=1S/C27H37P/c1-17(2)20-15-24(18(3)4)27(25(16-20)19(5)6)23-9-7-8-10-26(23)28(21-11-12-21)22-13-14-22/h7-10,15-19,21-22H,11-14H2,1-6H3. The maximum atomic E-state index is 2.52. The lowest BCUT2D eigenvalue weighted by molar-refractivity contribution is 0.808. The first-order valence-corrected chi connectivity index (χ1v) is 12.9. The van der Waals surface area contributed by atoms with Crippen LogP contribution < -0.4 is 5.30 Å². The van der Waals surface area contributed by atoms with Gasteiger partial charge in [0.15, 0.2) is 0 Å². The quantitative estimate of drug-likeness (QED) is 0.417. The molecule has 0 amide bonds. The van der Waals surface area contributed by atoms with Crippen LogP contribution >= 0.6 is 7.92 Å². The van der Waals surface area contributed by atoms with Crippen LogP contribution in [0.4, 0.5) is 0 Å². The molecule has 0 spiro atoms. The average molecular weight is 393 g/mol. The molecule has 2 aliphatic rings. The van der Waals surface area contributed by atoms with Crippen molar-refractivity contribution in [1.29, 1.82) is 0 Å². The van der Waals surface area contributed by atoms with E-state index in [2.05, 4.69) is 77.9 Å². The molecule has 150 valence electrons. The van der Waals surface area contributed by atoms with Crippen LogP contribution in [0.3, 0.4) is 0 Å². The average Bonchev–Trinajstić information content (AvgIpc) is 3.56. The van der Waals surface area contributed by atoms with E-state index < -0.39 is 0 Å². The van der Waals surface area contributed by atoms with Gasteiger partial charge in [-0.2, -0.15) is 0 Å². The molecule has 2 aromatic rings. The molecule has 2 aliphatic carbocycles. The lowest BCUT2D eigenvalue weighted by Crippen LogP contribution is -2.13. The summed E-state index contributed by atoms with van der Waals surface area (Å²) in [6.45, 7) is 14.2. The topological polar surface area (TPSA) is 0 Å². The predicted octanol–water partition coefficient (Wildman–Crippen LogP) is 8.16. The van der Waals surface area contributed by atoms with Crippen LogP contribution in [0.5, 0.6) is 0 Å². The Balaban J connectivity index is 1.94. The highest BCUT2D eigenvalue weighted by atomic mass is 31.1. The van der Waals surface area contributed by atoms with Crippen molar-refractivity contribution in [2.75, 3.05) is 0 Å². The van der Waals surface area contributed by atoms with Gasteiger partial charge in [-0.3, -0.25) is 0 Å². The molecule has 0 aliphatic heterocycles. The van der Waals surface area contributed by atoms with Crippen LogP contribution in [-0.2, 0) is 0 Å². The van der Waals surface area contributed by atoms with Gasteiger partial charge in [-0.25, -0.2) is 0 Å². The number of hydrogen-bond donors (Lipinski definition) is 0. The Labute approximate surface area is 173 Å². The fraction of sp³-hybridized carbons (Fsp3) is 0.556. The van der Waals surface area contributed by atoms with Crippen LogP contribution in [0.25, 0.3) is 11.1 Å². The molecule has 1 heteroatoms. The second kappa shape index (κ2) is 7.95. The highest BCUT2D eigenvalue weighted by Gasteiger charge is 2.43. The lowest BCUT2D eigenvalue weighted by Gasteiger charge is -2.27. The molecule has 2 fully saturated rings. The third-order valence-corrected chi connectivity index (χ3v) is 10.0. The largest absolute Gasteiger partial charge is 0.0683 e. The Kier molecular flexibility index (Phi) is 5.72. The van der Waals surface area contributed by atoms with E-state index in [1.807, 2.05) is 0 Å². The maximum absolute atomic E-state index is 2.52. The van der Waals surface area contributed by atoms with Crippen molar-refractivity contribution in [2.45, 2.75) is 96.3 Å². The first-order chi connectivity index (χ1) is 13.4. The highest BCUT2D eigenvalue weighted by Crippen LogP contribution is 2.64. The molecular formula is C27H37P. The Bertz CT molecular complexity index is 796. The molecule has 0 saturated heterocycles. The van der Waals surface area contributed by atoms with Gasteiger partial charge >= 0.3 is 0 Å². The van der Waals surface area contributed by atoms with Crippen LogP contribution in [0.15, 0.2) is 36.4 Å². The van der Waals surface area contributed by atoms with Crippen molar-refractivity contribution in [3.63, 3.8) is 0 Å². The van der Waals surface area contributed by atoms with Gasteiger partial charge in [-0.15, -0.1) is 0 Å². The Morgan fingerprint density at radius 2 is 1.21 bits per heavy atom. The fourth-order valence-electron chi connectivity index (χ4n) is 4.57. The van der Waals surface area contributed by atoms with E-state index in [1.165, 1.54) is 31.2 Å². The van der Waals surface area contributed by atoms with Gasteiger partial charge < -0.3 is 0 Å². The summed E-state index contributed by atoms with van der Waals surface area (Å²) in [6, 6.07) is 14.5. The van der Waals surface area contributed by atoms with Crippen LogP contribution in [-0.4, -0.2) is 11.3 Å². The lowest BCUT2D eigenvalue weighted by atomic mass is 9.82. The monoisotopic (exact) mass is 392 g/mol. The van der Waals surface area contributed by atoms with E-state index in [0.29, 0.717) is 17.8 Å². The SMILES string of the molecule is CC(C)c1cc(C(C)C)c(-c2ccccc2P(C2CC2)C2CC2)c(C(C)C)c1. The summed E-state index contributed by atoms with van der Waals surface area (Å²) in [4.78, 5) is 0. The molecule has 0 atom stereocenters. The Morgan fingerprint density at radius 3 is 1.64 bits per heavy atom. The normalized spacial score (nSPS) is 17.4. The van der Waals surface area contributed by atoms with Gasteiger partial charge in [0, 0.05) is 0 Å². The van der Waals surface area contributed by atoms with Gasteiger partial charge in [0.05, 0.1) is 0 Å². The van der Waals surface area contributed by atoms with Gasteiger partial charge in [0.2, 0.25) is 0 Å². The molecule has 0 N–H and O–H groups in total. The van der Waals surface area contributed by atoms with Crippen molar-refractivity contribution in [3.05, 3.63) is 53.1 Å². The van der Waals surface area contributed by atoms with E-state index in [1.54, 1.807) is 27.6 Å². The zero-order valence-corrected chi connectivity index (χ0v) is 19.5. The molecule has 0 radical (unpaired) electrons. The Hall–Kier alpha value is -1.13. The van der Waals surface area contributed by atoms with Crippen LogP contribution in [0, 0.1) is 0 Å². The van der Waals surface area contributed by atoms with Crippen molar-refractivity contribution < 1.29 is 0 Å². The van der Waals surface area contributed by atoms with Gasteiger partial charge in [0.1, 0.15) is 0 Å². The van der Waals surface area contributed by atoms with E-state index >= 15 is 0 Å². The van der Waals surface area contributed by atoms with Crippen molar-refractivity contribution >= 4 is 13.2 Å². The summed E-state index contributed by atoms with van der Waals surface area (Å²) < 4.78 is 0. The molecule has 28 heavy (non-hydrogen) atoms. The summed E-state index contributed by atoms with van der Waals surface area (Å²) in [6.07, 6.45) is 5.88. The van der Waals surface area contributed by atoms with Gasteiger partial charge in [-0.05, 0) is 87.9 Å². The predicted molar refractivity (Wildman–Crippen MR) is 127 cm³/mol. The molecule has 2 aromatic carbocycles. The Morgan fingerprint density at radius 1 is 0.714 bits per heavy atom. The maximum Gasteiger partial charge on any atom is -0.0101 e. The minimum atomic E-state index is 0.0206. The smallest absolute Gasteiger partial charge is 0.0101 e. The van der Waals surface area contributed by atoms with Crippen molar-refractivity contribution in [3.8, 4) is 11.1 Å². The van der Waals surface area contributed by atoms with Crippen molar-refractivity contribution in [1.82, 2.24) is 0 Å². The summed E-state index contributed by atoms with van der Waals surface area (Å²) in [5.41, 5.74) is 9.76. The summed E-state index contributed by atoms with van der Waals surface area (Å²) in [5, 5.41) is 1.71. The van der Waals surface area contributed by atoms with Crippen LogP contribution in [0.1, 0.15) is 102 Å². The molecule has 0 aromatic heterocycles. The van der Waals surface area contributed by atoms with Gasteiger partial charge in [0.25, 0.3) is 0 Å². The van der Waals surface area contributed by atoms with E-state index in [-0.39, 0.29) is 7.92 Å². The molecule has 0 bridgehead atoms. The highest BCUT2D eigenvalue weighted by molar-refractivity contribution is 7.68. The zero-order valence-electron chi connectivity index (χ0n) is 18.6. The third-order valence-electron chi connectivity index (χ3n) is 6.46. The first-order valence-electron chi connectivity index (χ1n) is 11.4. The summed E-state index contributed by atoms with van der Waals surface area (Å²) >= 11 is 0. The molecule has 0 nitrogen and oxygen atoms in total. The molecule has 0 heterocycles. The van der Waals surface area contributed by atoms with E-state index in [4.69, 9.17) is 0 Å². The summed E-state index contributed by atoms with van der Waals surface area (Å²) in [7, 11) is 0.0206. The third kappa shape index (κ3) is 3.95. The first kappa shape index (κ1) is 20.2. The number of hydrogen-bond acceptors (Lipinski definition) is 0. The fourth-order valence-corrected chi connectivity index (χ4v) is 8.09.